The average Bonchev–Trinajstić information content (AvgIpc) is 3.08. The number of halogens is 1. The van der Waals surface area contributed by atoms with Crippen LogP contribution < -0.4 is 5.32 Å². The van der Waals surface area contributed by atoms with E-state index in [2.05, 4.69) is 27.2 Å². The second-order valence-electron chi connectivity index (χ2n) is 5.01. The Balaban J connectivity index is 1.68. The summed E-state index contributed by atoms with van der Waals surface area (Å²) in [6.45, 7) is 2.94. The number of imidazole rings is 1. The van der Waals surface area contributed by atoms with Gasteiger partial charge in [0, 0.05) is 37.0 Å². The molecule has 0 aromatic carbocycles. The molecule has 2 aromatic heterocycles. The second kappa shape index (κ2) is 5.17. The van der Waals surface area contributed by atoms with Crippen molar-refractivity contribution in [2.24, 2.45) is 0 Å². The van der Waals surface area contributed by atoms with E-state index in [0.29, 0.717) is 11.1 Å². The van der Waals surface area contributed by atoms with Crippen LogP contribution in [0.25, 0.3) is 0 Å². The Labute approximate surface area is 117 Å². The van der Waals surface area contributed by atoms with Crippen LogP contribution in [-0.4, -0.2) is 25.6 Å². The molecular weight excluding hydrogens is 262 g/mol. The van der Waals surface area contributed by atoms with Crippen molar-refractivity contribution >= 4 is 17.4 Å². The summed E-state index contributed by atoms with van der Waals surface area (Å²) in [5.41, 5.74) is 0. The molecule has 1 aliphatic rings. The molecule has 1 saturated carbocycles. The summed E-state index contributed by atoms with van der Waals surface area (Å²) in [6, 6.07) is 2.02. The first-order valence-electron chi connectivity index (χ1n) is 6.47. The molecule has 0 amide bonds. The average molecular weight is 278 g/mol. The van der Waals surface area contributed by atoms with Gasteiger partial charge in [0.05, 0.1) is 6.33 Å². The minimum absolute atomic E-state index is 0.243. The summed E-state index contributed by atoms with van der Waals surface area (Å²) in [7, 11) is 0. The number of aromatic nitrogens is 4. The van der Waals surface area contributed by atoms with E-state index >= 15 is 0 Å². The summed E-state index contributed by atoms with van der Waals surface area (Å²) in [4.78, 5) is 12.8. The highest BCUT2D eigenvalue weighted by Crippen LogP contribution is 2.38. The summed E-state index contributed by atoms with van der Waals surface area (Å²) < 4.78 is 2.03. The number of nitrogens with one attached hydrogen (secondary N) is 1. The van der Waals surface area contributed by atoms with Crippen LogP contribution in [0.15, 0.2) is 24.8 Å². The molecule has 0 spiro atoms. The number of rotatable bonds is 5. The predicted octanol–water partition coefficient (Wildman–Crippen LogP) is 2.70. The van der Waals surface area contributed by atoms with Crippen LogP contribution in [0, 0.1) is 0 Å². The highest BCUT2D eigenvalue weighted by Gasteiger charge is 2.27. The van der Waals surface area contributed by atoms with E-state index in [1.165, 1.54) is 12.8 Å². The van der Waals surface area contributed by atoms with Crippen LogP contribution in [0.3, 0.4) is 0 Å². The zero-order valence-corrected chi connectivity index (χ0v) is 11.5. The van der Waals surface area contributed by atoms with E-state index in [-0.39, 0.29) is 6.04 Å². The van der Waals surface area contributed by atoms with E-state index in [1.807, 2.05) is 10.8 Å². The molecule has 0 radical (unpaired) electrons. The molecule has 1 fully saturated rings. The number of anilines is 1. The fourth-order valence-corrected chi connectivity index (χ4v) is 2.23. The largest absolute Gasteiger partial charge is 0.366 e. The highest BCUT2D eigenvalue weighted by atomic mass is 35.5. The van der Waals surface area contributed by atoms with Crippen LogP contribution in [-0.2, 0) is 6.54 Å². The van der Waals surface area contributed by atoms with E-state index in [1.54, 1.807) is 18.6 Å². The summed E-state index contributed by atoms with van der Waals surface area (Å²) in [5, 5.41) is 3.87. The van der Waals surface area contributed by atoms with Gasteiger partial charge in [0.2, 0.25) is 0 Å². The van der Waals surface area contributed by atoms with Crippen LogP contribution in [0.5, 0.6) is 0 Å². The van der Waals surface area contributed by atoms with Crippen LogP contribution in [0.1, 0.15) is 31.5 Å². The van der Waals surface area contributed by atoms with Gasteiger partial charge < -0.3 is 9.88 Å². The third-order valence-electron chi connectivity index (χ3n) is 3.09. The molecule has 1 unspecified atom stereocenters. The number of hydrogen-bond donors (Lipinski definition) is 1. The first kappa shape index (κ1) is 12.4. The van der Waals surface area contributed by atoms with Gasteiger partial charge in [-0.25, -0.2) is 15.0 Å². The van der Waals surface area contributed by atoms with Crippen molar-refractivity contribution in [3.05, 3.63) is 35.8 Å². The first-order chi connectivity index (χ1) is 9.20. The SMILES string of the molecule is CC(Cn1ccnc1)Nc1cc(Cl)nc(C2CC2)n1. The zero-order chi connectivity index (χ0) is 13.2. The molecule has 6 heteroatoms. The molecule has 5 nitrogen and oxygen atoms in total. The van der Waals surface area contributed by atoms with E-state index in [4.69, 9.17) is 11.6 Å². The second-order valence-corrected chi connectivity index (χ2v) is 5.40. The highest BCUT2D eigenvalue weighted by molar-refractivity contribution is 6.29. The smallest absolute Gasteiger partial charge is 0.135 e. The fourth-order valence-electron chi connectivity index (χ4n) is 2.04. The third-order valence-corrected chi connectivity index (χ3v) is 3.29. The fraction of sp³-hybridized carbons (Fsp3) is 0.462. The van der Waals surface area contributed by atoms with Crippen LogP contribution in [0.2, 0.25) is 5.15 Å². The van der Waals surface area contributed by atoms with Crippen molar-refractivity contribution in [1.29, 1.82) is 0 Å². The first-order valence-corrected chi connectivity index (χ1v) is 6.85. The Morgan fingerprint density at radius 3 is 3.00 bits per heavy atom. The van der Waals surface area contributed by atoms with Crippen molar-refractivity contribution in [2.75, 3.05) is 5.32 Å². The van der Waals surface area contributed by atoms with Gasteiger partial charge in [0.15, 0.2) is 0 Å². The summed E-state index contributed by atoms with van der Waals surface area (Å²) >= 11 is 6.04. The lowest BCUT2D eigenvalue weighted by atomic mass is 10.3. The summed E-state index contributed by atoms with van der Waals surface area (Å²) in [6.07, 6.45) is 7.87. The molecule has 2 aromatic rings. The Kier molecular flexibility index (Phi) is 3.38. The lowest BCUT2D eigenvalue weighted by Crippen LogP contribution is -2.22. The molecule has 2 heterocycles. The van der Waals surface area contributed by atoms with Gasteiger partial charge >= 0.3 is 0 Å². The maximum absolute atomic E-state index is 6.04. The van der Waals surface area contributed by atoms with Gasteiger partial charge in [-0.05, 0) is 19.8 Å². The summed E-state index contributed by atoms with van der Waals surface area (Å²) in [5.74, 6) is 2.17. The Morgan fingerprint density at radius 2 is 2.32 bits per heavy atom. The molecule has 1 aliphatic carbocycles. The molecule has 1 atom stereocenters. The van der Waals surface area contributed by atoms with Gasteiger partial charge in [0.1, 0.15) is 16.8 Å². The van der Waals surface area contributed by atoms with Gasteiger partial charge in [-0.2, -0.15) is 0 Å². The lowest BCUT2D eigenvalue weighted by Gasteiger charge is -2.15. The molecule has 0 bridgehead atoms. The van der Waals surface area contributed by atoms with Crippen molar-refractivity contribution < 1.29 is 0 Å². The van der Waals surface area contributed by atoms with Crippen LogP contribution in [0.4, 0.5) is 5.82 Å². The van der Waals surface area contributed by atoms with Crippen molar-refractivity contribution in [3.8, 4) is 0 Å². The van der Waals surface area contributed by atoms with Crippen molar-refractivity contribution in [3.63, 3.8) is 0 Å². The Bertz CT molecular complexity index is 550. The molecule has 0 saturated heterocycles. The monoisotopic (exact) mass is 277 g/mol. The van der Waals surface area contributed by atoms with Gasteiger partial charge in [-0.1, -0.05) is 11.6 Å². The number of nitrogens with zero attached hydrogens (tertiary/aromatic N) is 4. The van der Waals surface area contributed by atoms with Crippen LogP contribution >= 0.6 is 11.6 Å². The van der Waals surface area contributed by atoms with Gasteiger partial charge in [-0.15, -0.1) is 0 Å². The minimum atomic E-state index is 0.243. The maximum Gasteiger partial charge on any atom is 0.135 e. The molecule has 19 heavy (non-hydrogen) atoms. The minimum Gasteiger partial charge on any atom is -0.366 e. The standard InChI is InChI=1S/C13H16ClN5/c1-9(7-19-5-4-15-8-19)16-12-6-11(14)17-13(18-12)10-2-3-10/h4-6,8-10H,2-3,7H2,1H3,(H,16,17,18). The van der Waals surface area contributed by atoms with E-state index in [9.17, 15) is 0 Å². The normalized spacial score (nSPS) is 16.3. The van der Waals surface area contributed by atoms with Gasteiger partial charge in [0.25, 0.3) is 0 Å². The third kappa shape index (κ3) is 3.23. The lowest BCUT2D eigenvalue weighted by molar-refractivity contribution is 0.616. The molecule has 100 valence electrons. The molecule has 3 rings (SSSR count). The van der Waals surface area contributed by atoms with E-state index in [0.717, 1.165) is 18.2 Å². The van der Waals surface area contributed by atoms with Gasteiger partial charge in [-0.3, -0.25) is 0 Å². The Hall–Kier alpha value is -1.62. The van der Waals surface area contributed by atoms with Crippen molar-refractivity contribution in [2.45, 2.75) is 38.3 Å². The molecular formula is C13H16ClN5. The Morgan fingerprint density at radius 1 is 1.47 bits per heavy atom. The van der Waals surface area contributed by atoms with E-state index < -0.39 is 0 Å². The molecule has 1 N–H and O–H groups in total. The molecule has 0 aliphatic heterocycles. The number of hydrogen-bond acceptors (Lipinski definition) is 4. The quantitative estimate of drug-likeness (QED) is 0.854. The maximum atomic E-state index is 6.04. The zero-order valence-electron chi connectivity index (χ0n) is 10.8. The van der Waals surface area contributed by atoms with Crippen molar-refractivity contribution in [1.82, 2.24) is 19.5 Å². The predicted molar refractivity (Wildman–Crippen MR) is 74.3 cm³/mol. The topological polar surface area (TPSA) is 55.6 Å².